The van der Waals surface area contributed by atoms with E-state index in [9.17, 15) is 0 Å². The van der Waals surface area contributed by atoms with Gasteiger partial charge in [0.15, 0.2) is 6.29 Å². The average Bonchev–Trinajstić information content (AvgIpc) is 3.01. The summed E-state index contributed by atoms with van der Waals surface area (Å²) in [6.07, 6.45) is 1.83. The molecule has 4 heteroatoms. The van der Waals surface area contributed by atoms with Crippen LogP contribution in [0.4, 0.5) is 0 Å². The number of aromatic nitrogens is 2. The Bertz CT molecular complexity index is 520. The molecule has 1 aromatic heterocycles. The standard InChI is InChI=1S/C14H16N2O2/c1-10-9-16(15-11(10)2)13-5-3-12(4-6-13)14-17-7-8-18-14/h3-6,9,14H,7-8H2,1-2H3. The number of ether oxygens (including phenoxy) is 2. The van der Waals surface area contributed by atoms with E-state index >= 15 is 0 Å². The third kappa shape index (κ3) is 2.05. The van der Waals surface area contributed by atoms with Gasteiger partial charge in [-0.2, -0.15) is 5.10 Å². The quantitative estimate of drug-likeness (QED) is 0.814. The maximum Gasteiger partial charge on any atom is 0.184 e. The summed E-state index contributed by atoms with van der Waals surface area (Å²) in [5.41, 5.74) is 4.35. The summed E-state index contributed by atoms with van der Waals surface area (Å²) in [5, 5.41) is 4.46. The van der Waals surface area contributed by atoms with Crippen LogP contribution in [0.15, 0.2) is 30.5 Å². The molecule has 1 fully saturated rings. The molecular weight excluding hydrogens is 228 g/mol. The first-order valence-electron chi connectivity index (χ1n) is 6.10. The lowest BCUT2D eigenvalue weighted by Crippen LogP contribution is -1.99. The van der Waals surface area contributed by atoms with Crippen molar-refractivity contribution in [1.29, 1.82) is 0 Å². The van der Waals surface area contributed by atoms with Crippen molar-refractivity contribution >= 4 is 0 Å². The van der Waals surface area contributed by atoms with Crippen LogP contribution in [0, 0.1) is 13.8 Å². The van der Waals surface area contributed by atoms with Gasteiger partial charge in [0.05, 0.1) is 24.6 Å². The molecule has 0 bridgehead atoms. The number of rotatable bonds is 2. The Morgan fingerprint density at radius 2 is 1.78 bits per heavy atom. The van der Waals surface area contributed by atoms with Crippen LogP contribution in [-0.2, 0) is 9.47 Å². The fourth-order valence-corrected chi connectivity index (χ4v) is 2.01. The first-order valence-corrected chi connectivity index (χ1v) is 6.10. The van der Waals surface area contributed by atoms with Crippen molar-refractivity contribution in [3.63, 3.8) is 0 Å². The maximum absolute atomic E-state index is 5.46. The van der Waals surface area contributed by atoms with Crippen LogP contribution in [0.2, 0.25) is 0 Å². The third-order valence-electron chi connectivity index (χ3n) is 3.20. The largest absolute Gasteiger partial charge is 0.346 e. The zero-order valence-corrected chi connectivity index (χ0v) is 10.6. The van der Waals surface area contributed by atoms with Gasteiger partial charge in [0, 0.05) is 11.8 Å². The maximum atomic E-state index is 5.46. The Morgan fingerprint density at radius 1 is 1.11 bits per heavy atom. The Labute approximate surface area is 106 Å². The number of hydrogen-bond acceptors (Lipinski definition) is 3. The van der Waals surface area contributed by atoms with E-state index in [4.69, 9.17) is 9.47 Å². The van der Waals surface area contributed by atoms with Crippen LogP contribution in [0.25, 0.3) is 5.69 Å². The molecule has 0 atom stereocenters. The van der Waals surface area contributed by atoms with Crippen molar-refractivity contribution in [2.24, 2.45) is 0 Å². The van der Waals surface area contributed by atoms with E-state index in [1.54, 1.807) is 0 Å². The van der Waals surface area contributed by atoms with E-state index in [-0.39, 0.29) is 6.29 Å². The topological polar surface area (TPSA) is 36.3 Å². The van der Waals surface area contributed by atoms with Crippen molar-refractivity contribution in [1.82, 2.24) is 9.78 Å². The predicted octanol–water partition coefficient (Wildman–Crippen LogP) is 2.53. The molecule has 94 valence electrons. The first kappa shape index (κ1) is 11.4. The molecular formula is C14H16N2O2. The lowest BCUT2D eigenvalue weighted by atomic mass is 10.2. The predicted molar refractivity (Wildman–Crippen MR) is 67.7 cm³/mol. The minimum atomic E-state index is -0.208. The fraction of sp³-hybridized carbons (Fsp3) is 0.357. The van der Waals surface area contributed by atoms with Crippen LogP contribution in [0.1, 0.15) is 23.1 Å². The van der Waals surface area contributed by atoms with Crippen LogP contribution in [0.5, 0.6) is 0 Å². The lowest BCUT2D eigenvalue weighted by molar-refractivity contribution is -0.0441. The highest BCUT2D eigenvalue weighted by atomic mass is 16.7. The smallest absolute Gasteiger partial charge is 0.184 e. The van der Waals surface area contributed by atoms with Gasteiger partial charge in [-0.05, 0) is 31.5 Å². The van der Waals surface area contributed by atoms with E-state index in [1.807, 2.05) is 42.1 Å². The normalized spacial score (nSPS) is 16.3. The summed E-state index contributed by atoms with van der Waals surface area (Å²) in [6, 6.07) is 8.12. The van der Waals surface area contributed by atoms with Gasteiger partial charge in [-0.15, -0.1) is 0 Å². The monoisotopic (exact) mass is 244 g/mol. The second-order valence-electron chi connectivity index (χ2n) is 4.51. The van der Waals surface area contributed by atoms with E-state index in [2.05, 4.69) is 12.0 Å². The van der Waals surface area contributed by atoms with Gasteiger partial charge in [-0.3, -0.25) is 0 Å². The molecule has 4 nitrogen and oxygen atoms in total. The van der Waals surface area contributed by atoms with Gasteiger partial charge >= 0.3 is 0 Å². The second-order valence-corrected chi connectivity index (χ2v) is 4.51. The molecule has 1 aromatic carbocycles. The number of aryl methyl sites for hydroxylation is 2. The highest BCUT2D eigenvalue weighted by Gasteiger charge is 2.17. The van der Waals surface area contributed by atoms with Gasteiger partial charge in [0.2, 0.25) is 0 Å². The van der Waals surface area contributed by atoms with Gasteiger partial charge in [0.1, 0.15) is 0 Å². The summed E-state index contributed by atoms with van der Waals surface area (Å²) in [4.78, 5) is 0. The molecule has 1 aliphatic rings. The number of benzene rings is 1. The first-order chi connectivity index (χ1) is 8.74. The molecule has 0 spiro atoms. The van der Waals surface area contributed by atoms with E-state index in [0.717, 1.165) is 16.9 Å². The molecule has 3 rings (SSSR count). The molecule has 0 N–H and O–H groups in total. The minimum absolute atomic E-state index is 0.208. The number of nitrogens with zero attached hydrogens (tertiary/aromatic N) is 2. The summed E-state index contributed by atoms with van der Waals surface area (Å²) >= 11 is 0. The molecule has 2 aromatic rings. The molecule has 0 saturated carbocycles. The highest BCUT2D eigenvalue weighted by Crippen LogP contribution is 2.24. The Balaban J connectivity index is 1.86. The fourth-order valence-electron chi connectivity index (χ4n) is 2.01. The SMILES string of the molecule is Cc1cn(-c2ccc(C3OCCO3)cc2)nc1C. The molecule has 1 saturated heterocycles. The van der Waals surface area contributed by atoms with Crippen molar-refractivity contribution in [3.8, 4) is 5.69 Å². The van der Waals surface area contributed by atoms with Crippen molar-refractivity contribution in [2.45, 2.75) is 20.1 Å². The molecule has 2 heterocycles. The zero-order chi connectivity index (χ0) is 12.5. The summed E-state index contributed by atoms with van der Waals surface area (Å²) in [7, 11) is 0. The van der Waals surface area contributed by atoms with Gasteiger partial charge in [-0.1, -0.05) is 12.1 Å². The van der Waals surface area contributed by atoms with Crippen molar-refractivity contribution in [3.05, 3.63) is 47.3 Å². The van der Waals surface area contributed by atoms with Gasteiger partial charge < -0.3 is 9.47 Å². The average molecular weight is 244 g/mol. The zero-order valence-electron chi connectivity index (χ0n) is 10.6. The molecule has 0 unspecified atom stereocenters. The lowest BCUT2D eigenvalue weighted by Gasteiger charge is -2.09. The molecule has 0 amide bonds. The molecule has 1 aliphatic heterocycles. The van der Waals surface area contributed by atoms with E-state index < -0.39 is 0 Å². The minimum Gasteiger partial charge on any atom is -0.346 e. The molecule has 18 heavy (non-hydrogen) atoms. The highest BCUT2D eigenvalue weighted by molar-refractivity contribution is 5.35. The van der Waals surface area contributed by atoms with Crippen LogP contribution in [-0.4, -0.2) is 23.0 Å². The van der Waals surface area contributed by atoms with E-state index in [1.165, 1.54) is 5.56 Å². The van der Waals surface area contributed by atoms with Gasteiger partial charge in [0.25, 0.3) is 0 Å². The summed E-state index contributed by atoms with van der Waals surface area (Å²) < 4.78 is 12.8. The van der Waals surface area contributed by atoms with Crippen LogP contribution >= 0.6 is 0 Å². The molecule has 0 radical (unpaired) electrons. The Hall–Kier alpha value is -1.65. The van der Waals surface area contributed by atoms with Gasteiger partial charge in [-0.25, -0.2) is 4.68 Å². The Kier molecular flexibility index (Phi) is 2.89. The van der Waals surface area contributed by atoms with E-state index in [0.29, 0.717) is 13.2 Å². The third-order valence-corrected chi connectivity index (χ3v) is 3.20. The van der Waals surface area contributed by atoms with Crippen LogP contribution in [0.3, 0.4) is 0 Å². The van der Waals surface area contributed by atoms with Crippen molar-refractivity contribution in [2.75, 3.05) is 13.2 Å². The van der Waals surface area contributed by atoms with Crippen LogP contribution < -0.4 is 0 Å². The number of hydrogen-bond donors (Lipinski definition) is 0. The second kappa shape index (κ2) is 4.55. The van der Waals surface area contributed by atoms with Crippen molar-refractivity contribution < 1.29 is 9.47 Å². The summed E-state index contributed by atoms with van der Waals surface area (Å²) in [5.74, 6) is 0. The molecule has 0 aliphatic carbocycles. The summed E-state index contributed by atoms with van der Waals surface area (Å²) in [6.45, 7) is 5.42. The Morgan fingerprint density at radius 3 is 2.33 bits per heavy atom.